The topological polar surface area (TPSA) is 55.2 Å². The third-order valence-electron chi connectivity index (χ3n) is 4.73. The first-order valence-electron chi connectivity index (χ1n) is 9.31. The molecule has 5 nitrogen and oxygen atoms in total. The van der Waals surface area contributed by atoms with E-state index in [4.69, 9.17) is 0 Å². The number of hydrogen-bond donors (Lipinski definition) is 0. The zero-order valence-corrected chi connectivity index (χ0v) is 16.1. The molecule has 0 unspecified atom stereocenters. The quantitative estimate of drug-likeness (QED) is 0.672. The van der Waals surface area contributed by atoms with Gasteiger partial charge in [0, 0.05) is 25.2 Å². The molecule has 5 heteroatoms. The van der Waals surface area contributed by atoms with Crippen molar-refractivity contribution in [1.82, 2.24) is 14.5 Å². The number of carbonyl (C=O) groups excluding carboxylic acids is 1. The number of amides is 1. The molecule has 0 aliphatic heterocycles. The molecule has 0 radical (unpaired) electrons. The van der Waals surface area contributed by atoms with Gasteiger partial charge in [0.1, 0.15) is 11.2 Å². The Bertz CT molecular complexity index is 1010. The molecule has 3 aromatic rings. The maximum atomic E-state index is 13.1. The summed E-state index contributed by atoms with van der Waals surface area (Å²) >= 11 is 0. The Hall–Kier alpha value is -2.95. The molecule has 0 N–H and O–H groups in total. The zero-order valence-electron chi connectivity index (χ0n) is 16.1. The molecule has 0 atom stereocenters. The van der Waals surface area contributed by atoms with E-state index >= 15 is 0 Å². The summed E-state index contributed by atoms with van der Waals surface area (Å²) in [6.45, 7) is 5.12. The Balaban J connectivity index is 2.08. The van der Waals surface area contributed by atoms with Gasteiger partial charge in [-0.05, 0) is 37.1 Å². The van der Waals surface area contributed by atoms with E-state index in [9.17, 15) is 9.59 Å². The first-order valence-corrected chi connectivity index (χ1v) is 9.31. The molecule has 0 spiro atoms. The van der Waals surface area contributed by atoms with Crippen LogP contribution in [-0.2, 0) is 6.54 Å². The first kappa shape index (κ1) is 18.8. The van der Waals surface area contributed by atoms with Crippen molar-refractivity contribution >= 4 is 16.9 Å². The van der Waals surface area contributed by atoms with E-state index in [0.29, 0.717) is 18.7 Å². The maximum Gasteiger partial charge on any atom is 0.265 e. The Kier molecular flexibility index (Phi) is 5.69. The number of benzene rings is 1. The number of aromatic nitrogens is 2. The summed E-state index contributed by atoms with van der Waals surface area (Å²) in [6.07, 6.45) is 3.58. The van der Waals surface area contributed by atoms with Gasteiger partial charge in [0.15, 0.2) is 0 Å². The lowest BCUT2D eigenvalue weighted by molar-refractivity contribution is 0.0791. The van der Waals surface area contributed by atoms with Crippen molar-refractivity contribution in [2.75, 3.05) is 13.6 Å². The van der Waals surface area contributed by atoms with Crippen LogP contribution in [0.3, 0.4) is 0 Å². The number of rotatable bonds is 6. The van der Waals surface area contributed by atoms with Crippen LogP contribution >= 0.6 is 0 Å². The summed E-state index contributed by atoms with van der Waals surface area (Å²) in [4.78, 5) is 32.0. The zero-order chi connectivity index (χ0) is 19.4. The fraction of sp³-hybridized carbons (Fsp3) is 0.318. The molecule has 2 aromatic heterocycles. The van der Waals surface area contributed by atoms with E-state index in [0.717, 1.165) is 29.4 Å². The van der Waals surface area contributed by atoms with Gasteiger partial charge in [0.05, 0.1) is 6.54 Å². The highest BCUT2D eigenvalue weighted by atomic mass is 16.2. The minimum absolute atomic E-state index is 0.196. The van der Waals surface area contributed by atoms with Crippen LogP contribution in [-0.4, -0.2) is 34.0 Å². The van der Waals surface area contributed by atoms with Gasteiger partial charge in [-0.25, -0.2) is 4.98 Å². The Morgan fingerprint density at radius 1 is 1.19 bits per heavy atom. The van der Waals surface area contributed by atoms with Gasteiger partial charge in [0.25, 0.3) is 11.5 Å². The largest absolute Gasteiger partial charge is 0.342 e. The molecular weight excluding hydrogens is 338 g/mol. The highest BCUT2D eigenvalue weighted by Gasteiger charge is 2.19. The average molecular weight is 363 g/mol. The number of unbranched alkanes of at least 4 members (excludes halogenated alkanes) is 1. The second-order valence-electron chi connectivity index (χ2n) is 6.93. The fourth-order valence-electron chi connectivity index (χ4n) is 3.08. The normalized spacial score (nSPS) is 10.9. The molecule has 0 aliphatic carbocycles. The van der Waals surface area contributed by atoms with Crippen LogP contribution in [0.2, 0.25) is 0 Å². The Morgan fingerprint density at radius 2 is 1.93 bits per heavy atom. The lowest BCUT2D eigenvalue weighted by atomic mass is 10.1. The van der Waals surface area contributed by atoms with Gasteiger partial charge in [-0.15, -0.1) is 0 Å². The number of pyridine rings is 2. The lowest BCUT2D eigenvalue weighted by Crippen LogP contribution is -2.35. The van der Waals surface area contributed by atoms with E-state index in [1.165, 1.54) is 0 Å². The van der Waals surface area contributed by atoms with Crippen LogP contribution in [0.1, 0.15) is 41.3 Å². The summed E-state index contributed by atoms with van der Waals surface area (Å²) in [5.74, 6) is -0.239. The molecular formula is C22H25N3O2. The number of nitrogens with zero attached hydrogens (tertiary/aromatic N) is 3. The first-order chi connectivity index (χ1) is 13.0. The van der Waals surface area contributed by atoms with Crippen LogP contribution < -0.4 is 5.56 Å². The Morgan fingerprint density at radius 3 is 2.63 bits per heavy atom. The van der Waals surface area contributed by atoms with E-state index in [1.54, 1.807) is 28.8 Å². The molecule has 3 rings (SSSR count). The highest BCUT2D eigenvalue weighted by molar-refractivity contribution is 5.96. The number of hydrogen-bond acceptors (Lipinski definition) is 3. The number of aryl methyl sites for hydroxylation is 1. The van der Waals surface area contributed by atoms with Gasteiger partial charge >= 0.3 is 0 Å². The van der Waals surface area contributed by atoms with E-state index in [-0.39, 0.29) is 17.0 Å². The summed E-state index contributed by atoms with van der Waals surface area (Å²) in [6, 6.07) is 13.4. The van der Waals surface area contributed by atoms with Gasteiger partial charge in [-0.1, -0.05) is 43.2 Å². The smallest absolute Gasteiger partial charge is 0.265 e. The minimum atomic E-state index is -0.296. The second-order valence-corrected chi connectivity index (χ2v) is 6.93. The lowest BCUT2D eigenvalue weighted by Gasteiger charge is -2.18. The number of carbonyl (C=O) groups is 1. The molecule has 0 saturated carbocycles. The minimum Gasteiger partial charge on any atom is -0.342 e. The predicted octanol–water partition coefficient (Wildman–Crippen LogP) is 3.63. The van der Waals surface area contributed by atoms with Crippen molar-refractivity contribution in [2.45, 2.75) is 33.2 Å². The molecule has 0 aliphatic rings. The maximum absolute atomic E-state index is 13.1. The molecule has 1 amide bonds. The molecule has 140 valence electrons. The van der Waals surface area contributed by atoms with Crippen molar-refractivity contribution in [3.8, 4) is 0 Å². The predicted molar refractivity (Wildman–Crippen MR) is 108 cm³/mol. The molecule has 27 heavy (non-hydrogen) atoms. The van der Waals surface area contributed by atoms with Gasteiger partial charge in [-0.2, -0.15) is 0 Å². The molecule has 0 bridgehead atoms. The van der Waals surface area contributed by atoms with E-state index in [1.807, 2.05) is 43.3 Å². The molecule has 0 saturated heterocycles. The summed E-state index contributed by atoms with van der Waals surface area (Å²) in [7, 11) is 1.75. The molecule has 0 fully saturated rings. The molecule has 2 heterocycles. The monoisotopic (exact) mass is 363 g/mol. The molecule has 1 aromatic carbocycles. The van der Waals surface area contributed by atoms with Crippen molar-refractivity contribution in [1.29, 1.82) is 0 Å². The van der Waals surface area contributed by atoms with Crippen LogP contribution in [0, 0.1) is 6.92 Å². The van der Waals surface area contributed by atoms with Crippen LogP contribution in [0.25, 0.3) is 11.0 Å². The number of fused-ring (bicyclic) bond motifs is 1. The van der Waals surface area contributed by atoms with Crippen molar-refractivity contribution in [3.63, 3.8) is 0 Å². The van der Waals surface area contributed by atoms with Gasteiger partial charge in [-0.3, -0.25) is 14.2 Å². The van der Waals surface area contributed by atoms with Gasteiger partial charge < -0.3 is 4.90 Å². The van der Waals surface area contributed by atoms with Crippen LogP contribution in [0.5, 0.6) is 0 Å². The van der Waals surface area contributed by atoms with Crippen LogP contribution in [0.4, 0.5) is 0 Å². The third-order valence-corrected chi connectivity index (χ3v) is 4.73. The summed E-state index contributed by atoms with van der Waals surface area (Å²) < 4.78 is 1.60. The highest BCUT2D eigenvalue weighted by Crippen LogP contribution is 2.14. The van der Waals surface area contributed by atoms with Crippen LogP contribution in [0.15, 0.2) is 53.5 Å². The summed E-state index contributed by atoms with van der Waals surface area (Å²) in [5, 5.41) is 0.788. The van der Waals surface area contributed by atoms with E-state index < -0.39 is 0 Å². The van der Waals surface area contributed by atoms with Gasteiger partial charge in [0.2, 0.25) is 0 Å². The fourth-order valence-corrected chi connectivity index (χ4v) is 3.08. The van der Waals surface area contributed by atoms with Crippen molar-refractivity contribution in [3.05, 3.63) is 75.7 Å². The average Bonchev–Trinajstić information content (AvgIpc) is 2.69. The second kappa shape index (κ2) is 8.16. The van der Waals surface area contributed by atoms with Crippen molar-refractivity contribution < 1.29 is 4.79 Å². The Labute approximate surface area is 159 Å². The standard InChI is InChI=1S/C22H25N3O2/c1-4-5-13-24(3)21(26)19-14-18-7-6-12-23-20(18)25(22(19)27)15-17-10-8-16(2)9-11-17/h6-12,14H,4-5,13,15H2,1-3H3. The summed E-state index contributed by atoms with van der Waals surface area (Å²) in [5.41, 5.74) is 2.65. The van der Waals surface area contributed by atoms with E-state index in [2.05, 4.69) is 11.9 Å². The third kappa shape index (κ3) is 4.08. The van der Waals surface area contributed by atoms with Crippen molar-refractivity contribution in [2.24, 2.45) is 0 Å². The SMILES string of the molecule is CCCCN(C)C(=O)c1cc2cccnc2n(Cc2ccc(C)cc2)c1=O.